The molecule has 0 aliphatic carbocycles. The molecule has 0 radical (unpaired) electrons. The molecular weight excluding hydrogens is 131 g/mol. The first-order chi connectivity index (χ1) is 5.11. The topological polar surface area (TPSA) is 0 Å². The van der Waals surface area contributed by atoms with E-state index in [2.05, 4.69) is 41.3 Å². The zero-order valence-corrected chi connectivity index (χ0v) is 8.28. The van der Waals surface area contributed by atoms with Gasteiger partial charge in [-0.3, -0.25) is 0 Å². The second kappa shape index (κ2) is 5.23. The molecule has 0 heterocycles. The first-order valence-corrected chi connectivity index (χ1v) is 4.37. The third kappa shape index (κ3) is 4.08. The minimum Gasteiger partial charge on any atom is -0.111 e. The predicted molar refractivity (Wildman–Crippen MR) is 55.5 cm³/mol. The molecule has 0 aliphatic rings. The standard InChI is InChI=1S/C10H19B/c1-5-9(6-2)7-10(11)8(3)4/h5,9H,1,6-7,11H2,2-4H3. The van der Waals surface area contributed by atoms with Gasteiger partial charge in [-0.2, -0.15) is 0 Å². The Balaban J connectivity index is 4.02. The van der Waals surface area contributed by atoms with Crippen molar-refractivity contribution < 1.29 is 0 Å². The summed E-state index contributed by atoms with van der Waals surface area (Å²) in [4.78, 5) is 0. The van der Waals surface area contributed by atoms with E-state index >= 15 is 0 Å². The van der Waals surface area contributed by atoms with Crippen molar-refractivity contribution in [1.29, 1.82) is 0 Å². The summed E-state index contributed by atoms with van der Waals surface area (Å²) in [5.74, 6) is 0.671. The highest BCUT2D eigenvalue weighted by atomic mass is 14.0. The molecule has 0 aromatic carbocycles. The van der Waals surface area contributed by atoms with Crippen LogP contribution < -0.4 is 0 Å². The Bertz CT molecular complexity index is 152. The van der Waals surface area contributed by atoms with Crippen LogP contribution in [0.15, 0.2) is 23.7 Å². The lowest BCUT2D eigenvalue weighted by atomic mass is 9.82. The van der Waals surface area contributed by atoms with Crippen LogP contribution in [0.3, 0.4) is 0 Å². The lowest BCUT2D eigenvalue weighted by Crippen LogP contribution is -1.97. The molecule has 62 valence electrons. The van der Waals surface area contributed by atoms with E-state index < -0.39 is 0 Å². The van der Waals surface area contributed by atoms with Gasteiger partial charge in [0.15, 0.2) is 0 Å². The van der Waals surface area contributed by atoms with E-state index in [9.17, 15) is 0 Å². The van der Waals surface area contributed by atoms with Crippen LogP contribution in [0, 0.1) is 5.92 Å². The van der Waals surface area contributed by atoms with Crippen molar-refractivity contribution in [2.45, 2.75) is 33.6 Å². The molecule has 11 heavy (non-hydrogen) atoms. The fraction of sp³-hybridized carbons (Fsp3) is 0.600. The quantitative estimate of drug-likeness (QED) is 0.426. The maximum atomic E-state index is 3.82. The summed E-state index contributed by atoms with van der Waals surface area (Å²) in [6, 6.07) is 0. The Morgan fingerprint density at radius 2 is 2.09 bits per heavy atom. The van der Waals surface area contributed by atoms with Gasteiger partial charge in [0.25, 0.3) is 0 Å². The summed E-state index contributed by atoms with van der Waals surface area (Å²) in [6.07, 6.45) is 4.45. The molecule has 0 rings (SSSR count). The van der Waals surface area contributed by atoms with Crippen molar-refractivity contribution in [2.24, 2.45) is 5.92 Å². The van der Waals surface area contributed by atoms with Gasteiger partial charge >= 0.3 is 0 Å². The summed E-state index contributed by atoms with van der Waals surface area (Å²) in [6.45, 7) is 10.4. The average Bonchev–Trinajstić information content (AvgIpc) is 1.99. The highest BCUT2D eigenvalue weighted by Crippen LogP contribution is 2.16. The number of allylic oxidation sites excluding steroid dienone is 3. The molecule has 0 saturated carbocycles. The molecule has 0 nitrogen and oxygen atoms in total. The Kier molecular flexibility index (Phi) is 5.01. The summed E-state index contributed by atoms with van der Waals surface area (Å²) in [5.41, 5.74) is 2.96. The Morgan fingerprint density at radius 3 is 2.36 bits per heavy atom. The smallest absolute Gasteiger partial charge is 0.111 e. The van der Waals surface area contributed by atoms with Crippen molar-refractivity contribution in [3.63, 3.8) is 0 Å². The zero-order chi connectivity index (χ0) is 8.85. The van der Waals surface area contributed by atoms with Gasteiger partial charge in [-0.1, -0.05) is 18.6 Å². The lowest BCUT2D eigenvalue weighted by Gasteiger charge is -2.10. The van der Waals surface area contributed by atoms with E-state index in [-0.39, 0.29) is 0 Å². The summed E-state index contributed by atoms with van der Waals surface area (Å²) >= 11 is 0. The SMILES string of the molecule is BC(CC(C=C)CC)=C(C)C. The molecule has 0 aromatic rings. The summed E-state index contributed by atoms with van der Waals surface area (Å²) in [7, 11) is 2.21. The highest BCUT2D eigenvalue weighted by Gasteiger charge is 2.01. The number of hydrogen-bond donors (Lipinski definition) is 0. The van der Waals surface area contributed by atoms with Gasteiger partial charge in [-0.15, -0.1) is 12.1 Å². The molecule has 0 spiro atoms. The average molecular weight is 150 g/mol. The zero-order valence-electron chi connectivity index (χ0n) is 8.28. The van der Waals surface area contributed by atoms with Gasteiger partial charge in [0.05, 0.1) is 0 Å². The monoisotopic (exact) mass is 150 g/mol. The Hall–Kier alpha value is -0.455. The fourth-order valence-corrected chi connectivity index (χ4v) is 0.992. The molecule has 0 aromatic heterocycles. The molecule has 1 unspecified atom stereocenters. The third-order valence-electron chi connectivity index (χ3n) is 2.28. The molecule has 1 atom stereocenters. The molecule has 0 amide bonds. The number of hydrogen-bond acceptors (Lipinski definition) is 0. The molecule has 0 aliphatic heterocycles. The fourth-order valence-electron chi connectivity index (χ4n) is 0.992. The van der Waals surface area contributed by atoms with Gasteiger partial charge in [0.1, 0.15) is 7.85 Å². The lowest BCUT2D eigenvalue weighted by molar-refractivity contribution is 0.632. The first kappa shape index (κ1) is 10.5. The van der Waals surface area contributed by atoms with Crippen LogP contribution in [0.25, 0.3) is 0 Å². The minimum atomic E-state index is 0.671. The maximum absolute atomic E-state index is 3.82. The van der Waals surface area contributed by atoms with Crippen LogP contribution in [0.1, 0.15) is 33.6 Å². The Labute approximate surface area is 71.8 Å². The van der Waals surface area contributed by atoms with E-state index in [1.54, 1.807) is 0 Å². The predicted octanol–water partition coefficient (Wildman–Crippen LogP) is 2.52. The van der Waals surface area contributed by atoms with E-state index in [0.717, 1.165) is 0 Å². The number of rotatable bonds is 4. The third-order valence-corrected chi connectivity index (χ3v) is 2.28. The van der Waals surface area contributed by atoms with Gasteiger partial charge in [-0.25, -0.2) is 0 Å². The Morgan fingerprint density at radius 1 is 1.55 bits per heavy atom. The van der Waals surface area contributed by atoms with Gasteiger partial charge in [0.2, 0.25) is 0 Å². The molecule has 0 N–H and O–H groups in total. The van der Waals surface area contributed by atoms with E-state index in [1.807, 2.05) is 0 Å². The highest BCUT2D eigenvalue weighted by molar-refractivity contribution is 6.21. The van der Waals surface area contributed by atoms with Gasteiger partial charge in [0, 0.05) is 0 Å². The molecule has 1 heteroatoms. The van der Waals surface area contributed by atoms with Crippen LogP contribution in [0.2, 0.25) is 0 Å². The van der Waals surface area contributed by atoms with Crippen LogP contribution in [-0.4, -0.2) is 7.85 Å². The van der Waals surface area contributed by atoms with Crippen molar-refractivity contribution in [3.05, 3.63) is 23.7 Å². The van der Waals surface area contributed by atoms with E-state index in [4.69, 9.17) is 0 Å². The largest absolute Gasteiger partial charge is 0.133 e. The van der Waals surface area contributed by atoms with Crippen LogP contribution >= 0.6 is 0 Å². The van der Waals surface area contributed by atoms with Gasteiger partial charge < -0.3 is 0 Å². The normalized spacial score (nSPS) is 12.3. The van der Waals surface area contributed by atoms with Crippen molar-refractivity contribution in [2.75, 3.05) is 0 Å². The molecular formula is C10H19B. The summed E-state index contributed by atoms with van der Waals surface area (Å²) < 4.78 is 0. The van der Waals surface area contributed by atoms with Crippen molar-refractivity contribution in [3.8, 4) is 0 Å². The first-order valence-electron chi connectivity index (χ1n) is 4.37. The van der Waals surface area contributed by atoms with Crippen LogP contribution in [0.5, 0.6) is 0 Å². The van der Waals surface area contributed by atoms with Gasteiger partial charge in [-0.05, 0) is 32.6 Å². The van der Waals surface area contributed by atoms with Crippen LogP contribution in [-0.2, 0) is 0 Å². The van der Waals surface area contributed by atoms with Crippen LogP contribution in [0.4, 0.5) is 0 Å². The van der Waals surface area contributed by atoms with Crippen molar-refractivity contribution >= 4 is 7.85 Å². The van der Waals surface area contributed by atoms with E-state index in [1.165, 1.54) is 23.9 Å². The molecule has 0 bridgehead atoms. The molecule has 0 fully saturated rings. The second-order valence-corrected chi connectivity index (χ2v) is 3.39. The van der Waals surface area contributed by atoms with E-state index in [0.29, 0.717) is 5.92 Å². The molecule has 0 saturated heterocycles. The van der Waals surface area contributed by atoms with Crippen molar-refractivity contribution in [1.82, 2.24) is 0 Å². The summed E-state index contributed by atoms with van der Waals surface area (Å²) in [5, 5.41) is 0. The maximum Gasteiger partial charge on any atom is 0.133 e. The second-order valence-electron chi connectivity index (χ2n) is 3.39. The minimum absolute atomic E-state index is 0.671.